The van der Waals surface area contributed by atoms with Gasteiger partial charge in [-0.05, 0) is 35.4 Å². The smallest absolute Gasteiger partial charge is 0.165 e. The number of benzene rings is 3. The second-order valence-corrected chi connectivity index (χ2v) is 8.65. The Morgan fingerprint density at radius 3 is 2.23 bits per heavy atom. The summed E-state index contributed by atoms with van der Waals surface area (Å²) in [5.74, 6) is 0. The Morgan fingerprint density at radius 1 is 1.03 bits per heavy atom. The quantitative estimate of drug-likeness (QED) is 0.256. The zero-order chi connectivity index (χ0) is 22.4. The van der Waals surface area contributed by atoms with Gasteiger partial charge in [0.15, 0.2) is 11.5 Å². The van der Waals surface area contributed by atoms with Crippen LogP contribution in [0, 0.1) is 0 Å². The maximum Gasteiger partial charge on any atom is 0.165 e. The van der Waals surface area contributed by atoms with Crippen LogP contribution in [0.4, 0.5) is 5.69 Å². The number of carbonyl (C=O) groups is 1. The molecule has 0 heterocycles. The van der Waals surface area contributed by atoms with Crippen molar-refractivity contribution in [3.05, 3.63) is 90.1 Å². The van der Waals surface area contributed by atoms with Crippen LogP contribution in [0.5, 0.6) is 0 Å². The van der Waals surface area contributed by atoms with Crippen LogP contribution in [0.1, 0.15) is 28.1 Å². The molecule has 4 nitrogen and oxygen atoms in total. The fourth-order valence-corrected chi connectivity index (χ4v) is 4.48. The van der Waals surface area contributed by atoms with Crippen LogP contribution >= 0.6 is 11.8 Å². The van der Waals surface area contributed by atoms with Crippen LogP contribution in [0.2, 0.25) is 0 Å². The summed E-state index contributed by atoms with van der Waals surface area (Å²) in [7, 11) is 6.04. The Kier molecular flexibility index (Phi) is 7.53. The third-order valence-corrected chi connectivity index (χ3v) is 6.64. The zero-order valence-corrected chi connectivity index (χ0v) is 19.4. The monoisotopic (exact) mass is 431 g/mol. The summed E-state index contributed by atoms with van der Waals surface area (Å²) in [5.41, 5.74) is 3.42. The summed E-state index contributed by atoms with van der Waals surface area (Å²) in [6.07, 6.45) is 0.882. The lowest BCUT2D eigenvalue weighted by molar-refractivity contribution is 0.112. The van der Waals surface area contributed by atoms with Gasteiger partial charge in [-0.2, -0.15) is 0 Å². The molecule has 0 saturated heterocycles. The molecule has 0 aliphatic heterocycles. The highest BCUT2D eigenvalue weighted by molar-refractivity contribution is 8.14. The van der Waals surface area contributed by atoms with Crippen LogP contribution in [-0.4, -0.2) is 48.9 Å². The maximum absolute atomic E-state index is 11.8. The summed E-state index contributed by atoms with van der Waals surface area (Å²) in [5, 5.41) is 2.94. The summed E-state index contributed by atoms with van der Waals surface area (Å²) >= 11 is 1.65. The van der Waals surface area contributed by atoms with Gasteiger partial charge in [-0.3, -0.25) is 4.79 Å². The molecule has 31 heavy (non-hydrogen) atoms. The van der Waals surface area contributed by atoms with E-state index >= 15 is 0 Å². The molecule has 1 unspecified atom stereocenters. The van der Waals surface area contributed by atoms with E-state index in [1.165, 1.54) is 0 Å². The highest BCUT2D eigenvalue weighted by Crippen LogP contribution is 2.38. The molecule has 0 N–H and O–H groups in total. The van der Waals surface area contributed by atoms with E-state index in [-0.39, 0.29) is 5.25 Å². The topological polar surface area (TPSA) is 35.9 Å². The molecule has 0 saturated carbocycles. The van der Waals surface area contributed by atoms with E-state index < -0.39 is 0 Å². The Labute approximate surface area is 189 Å². The van der Waals surface area contributed by atoms with Crippen molar-refractivity contribution in [1.82, 2.24) is 9.80 Å². The van der Waals surface area contributed by atoms with E-state index in [9.17, 15) is 4.79 Å². The Bertz CT molecular complexity index is 1090. The molecular formula is C26H29N3OS. The molecule has 0 fully saturated rings. The zero-order valence-electron chi connectivity index (χ0n) is 18.6. The molecule has 0 amide bonds. The summed E-state index contributed by atoms with van der Waals surface area (Å²) in [4.78, 5) is 20.9. The first-order valence-corrected chi connectivity index (χ1v) is 11.2. The van der Waals surface area contributed by atoms with Crippen molar-refractivity contribution in [1.29, 1.82) is 0 Å². The molecule has 0 aliphatic carbocycles. The Balaban J connectivity index is 2.09. The average Bonchev–Trinajstić information content (AvgIpc) is 2.80. The van der Waals surface area contributed by atoms with Crippen LogP contribution in [0.3, 0.4) is 0 Å². The predicted molar refractivity (Wildman–Crippen MR) is 134 cm³/mol. The fraction of sp³-hybridized carbons (Fsp3) is 0.231. The third kappa shape index (κ3) is 5.36. The highest BCUT2D eigenvalue weighted by atomic mass is 32.2. The first kappa shape index (κ1) is 22.6. The lowest BCUT2D eigenvalue weighted by Gasteiger charge is -2.28. The second kappa shape index (κ2) is 10.3. The molecule has 0 aliphatic rings. The molecule has 3 aromatic rings. The first-order valence-electron chi connectivity index (χ1n) is 10.3. The number of fused-ring (bicyclic) bond motifs is 1. The van der Waals surface area contributed by atoms with Gasteiger partial charge in [-0.25, -0.2) is 4.99 Å². The molecule has 0 spiro atoms. The van der Waals surface area contributed by atoms with Gasteiger partial charge in [-0.1, -0.05) is 72.9 Å². The number of likely N-dealkylation sites (N-methyl/N-ethyl adjacent to an activating group) is 1. The van der Waals surface area contributed by atoms with Crippen LogP contribution in [0.25, 0.3) is 10.8 Å². The van der Waals surface area contributed by atoms with Crippen molar-refractivity contribution in [3.8, 4) is 0 Å². The fourth-order valence-electron chi connectivity index (χ4n) is 3.17. The van der Waals surface area contributed by atoms with E-state index in [0.717, 1.165) is 40.0 Å². The predicted octanol–water partition coefficient (Wildman–Crippen LogP) is 6.14. The average molecular weight is 432 g/mol. The third-order valence-electron chi connectivity index (χ3n) is 5.24. The number of rotatable bonds is 7. The number of nitrogens with zero attached hydrogens (tertiary/aromatic N) is 3. The normalized spacial score (nSPS) is 12.5. The van der Waals surface area contributed by atoms with Gasteiger partial charge in [0, 0.05) is 38.9 Å². The van der Waals surface area contributed by atoms with E-state index in [1.807, 2.05) is 80.6 Å². The van der Waals surface area contributed by atoms with Gasteiger partial charge >= 0.3 is 0 Å². The molecule has 0 aromatic heterocycles. The molecule has 0 radical (unpaired) electrons. The minimum Gasteiger partial charge on any atom is -0.380 e. The van der Waals surface area contributed by atoms with Gasteiger partial charge in [0.05, 0.1) is 10.9 Å². The summed E-state index contributed by atoms with van der Waals surface area (Å²) < 4.78 is 0. The molecule has 0 bridgehead atoms. The van der Waals surface area contributed by atoms with E-state index in [0.29, 0.717) is 11.3 Å². The van der Waals surface area contributed by atoms with Crippen LogP contribution < -0.4 is 0 Å². The maximum atomic E-state index is 11.8. The lowest BCUT2D eigenvalue weighted by atomic mass is 10.1. The van der Waals surface area contributed by atoms with Crippen molar-refractivity contribution in [3.63, 3.8) is 0 Å². The number of hydrogen-bond donors (Lipinski definition) is 0. The van der Waals surface area contributed by atoms with Crippen molar-refractivity contribution in [2.75, 3.05) is 27.7 Å². The minimum absolute atomic E-state index is 0.00378. The lowest BCUT2D eigenvalue weighted by Crippen LogP contribution is -2.26. The van der Waals surface area contributed by atoms with Crippen LogP contribution in [0.15, 0.2) is 84.0 Å². The molecule has 3 aromatic carbocycles. The number of thioether (sulfide) groups is 1. The second-order valence-electron chi connectivity index (χ2n) is 7.58. The standard InChI is InChI=1S/C26H29N3OS/c1-6-29(5)26(31-25(19(2)28(3)4)20-12-8-7-9-13-20)27-24-17-22-15-11-10-14-21(22)16-23(24)18-30/h7-18,25H,2,6H2,1,3-5H3. The Morgan fingerprint density at radius 2 is 1.65 bits per heavy atom. The summed E-state index contributed by atoms with van der Waals surface area (Å²) in [6.45, 7) is 7.22. The molecular weight excluding hydrogens is 402 g/mol. The number of aldehydes is 1. The van der Waals surface area contributed by atoms with Gasteiger partial charge in [0.1, 0.15) is 0 Å². The van der Waals surface area contributed by atoms with Gasteiger partial charge in [0.2, 0.25) is 0 Å². The van der Waals surface area contributed by atoms with Gasteiger partial charge in [-0.15, -0.1) is 0 Å². The van der Waals surface area contributed by atoms with Gasteiger partial charge < -0.3 is 9.80 Å². The SMILES string of the molecule is C=C(C(SC(=Nc1cc2ccccc2cc1C=O)N(C)CC)c1ccccc1)N(C)C. The highest BCUT2D eigenvalue weighted by Gasteiger charge is 2.22. The molecule has 160 valence electrons. The largest absolute Gasteiger partial charge is 0.380 e. The van der Waals surface area contributed by atoms with Crippen molar-refractivity contribution < 1.29 is 4.79 Å². The molecule has 5 heteroatoms. The van der Waals surface area contributed by atoms with E-state index in [1.54, 1.807) is 11.8 Å². The minimum atomic E-state index is 0.00378. The molecule has 1 atom stereocenters. The number of carbonyl (C=O) groups excluding carboxylic acids is 1. The van der Waals surface area contributed by atoms with Crippen molar-refractivity contribution >= 4 is 39.7 Å². The number of aliphatic imine (C=N–C) groups is 1. The summed E-state index contributed by atoms with van der Waals surface area (Å²) in [6, 6.07) is 22.2. The Hall–Kier alpha value is -3.05. The van der Waals surface area contributed by atoms with E-state index in [4.69, 9.17) is 4.99 Å². The van der Waals surface area contributed by atoms with Crippen LogP contribution in [-0.2, 0) is 0 Å². The number of hydrogen-bond acceptors (Lipinski definition) is 4. The first-order chi connectivity index (χ1) is 14.9. The molecule has 3 rings (SSSR count). The van der Waals surface area contributed by atoms with Gasteiger partial charge in [0.25, 0.3) is 0 Å². The van der Waals surface area contributed by atoms with Crippen molar-refractivity contribution in [2.45, 2.75) is 12.2 Å². The number of amidine groups is 1. The van der Waals surface area contributed by atoms with E-state index in [2.05, 4.69) is 30.5 Å². The van der Waals surface area contributed by atoms with Crippen molar-refractivity contribution in [2.24, 2.45) is 4.99 Å².